The second kappa shape index (κ2) is 4.80. The van der Waals surface area contributed by atoms with E-state index in [1.165, 1.54) is 11.1 Å². The van der Waals surface area contributed by atoms with Crippen molar-refractivity contribution >= 4 is 5.78 Å². The fourth-order valence-electron chi connectivity index (χ4n) is 4.83. The van der Waals surface area contributed by atoms with Gasteiger partial charge in [0.2, 0.25) is 5.79 Å². The van der Waals surface area contributed by atoms with Crippen LogP contribution in [0.3, 0.4) is 0 Å². The number of fused-ring (bicyclic) bond motifs is 3. The lowest BCUT2D eigenvalue weighted by Gasteiger charge is -2.51. The Hall–Kier alpha value is -1.39. The Morgan fingerprint density at radius 1 is 1.32 bits per heavy atom. The van der Waals surface area contributed by atoms with Crippen LogP contribution in [0.1, 0.15) is 43.7 Å². The second-order valence-electron chi connectivity index (χ2n) is 6.84. The summed E-state index contributed by atoms with van der Waals surface area (Å²) in [6.45, 7) is 3.20. The van der Waals surface area contributed by atoms with Gasteiger partial charge in [0, 0.05) is 18.3 Å². The van der Waals surface area contributed by atoms with Crippen LogP contribution in [0.5, 0.6) is 5.75 Å². The zero-order valence-electron chi connectivity index (χ0n) is 12.9. The van der Waals surface area contributed by atoms with Gasteiger partial charge in [-0.3, -0.25) is 4.79 Å². The maximum atomic E-state index is 12.8. The van der Waals surface area contributed by atoms with Crippen LogP contribution in [0.2, 0.25) is 0 Å². The molecule has 118 valence electrons. The number of aryl methyl sites for hydroxylation is 1. The first-order valence-corrected chi connectivity index (χ1v) is 8.23. The van der Waals surface area contributed by atoms with Crippen LogP contribution in [0.15, 0.2) is 18.2 Å². The molecule has 1 saturated heterocycles. The van der Waals surface area contributed by atoms with Gasteiger partial charge in [-0.05, 0) is 48.4 Å². The third-order valence-corrected chi connectivity index (χ3v) is 5.97. The van der Waals surface area contributed by atoms with E-state index < -0.39 is 5.79 Å². The number of benzene rings is 1. The van der Waals surface area contributed by atoms with Gasteiger partial charge in [0.1, 0.15) is 5.75 Å². The smallest absolute Gasteiger partial charge is 0.229 e. The summed E-state index contributed by atoms with van der Waals surface area (Å²) < 4.78 is 11.5. The molecule has 0 aromatic heterocycles. The largest absolute Gasteiger partial charge is 0.508 e. The van der Waals surface area contributed by atoms with Gasteiger partial charge in [0.05, 0.1) is 13.2 Å². The third-order valence-electron chi connectivity index (χ3n) is 5.97. The number of phenols is 1. The molecule has 0 radical (unpaired) electrons. The molecule has 1 saturated carbocycles. The number of hydrogen-bond acceptors (Lipinski definition) is 4. The Kier molecular flexibility index (Phi) is 3.10. The van der Waals surface area contributed by atoms with Crippen molar-refractivity contribution in [3.05, 3.63) is 29.3 Å². The molecule has 3 aliphatic rings. The van der Waals surface area contributed by atoms with Gasteiger partial charge in [0.15, 0.2) is 5.78 Å². The highest BCUT2D eigenvalue weighted by Crippen LogP contribution is 2.55. The molecule has 2 atom stereocenters. The first kappa shape index (κ1) is 14.2. The first-order chi connectivity index (χ1) is 10.6. The minimum Gasteiger partial charge on any atom is -0.508 e. The molecule has 2 fully saturated rings. The third kappa shape index (κ3) is 1.80. The molecule has 0 amide bonds. The first-order valence-electron chi connectivity index (χ1n) is 8.23. The van der Waals surface area contributed by atoms with E-state index in [1.807, 2.05) is 12.1 Å². The molecule has 1 aromatic rings. The SMILES string of the molecule is CC[C@@]12CC(=O)C3(C[C@H]1CCc1cc(O)ccc12)OCCO3. The quantitative estimate of drug-likeness (QED) is 0.866. The summed E-state index contributed by atoms with van der Waals surface area (Å²) in [6.07, 6.45) is 4.04. The highest BCUT2D eigenvalue weighted by Gasteiger charge is 2.58. The van der Waals surface area contributed by atoms with Crippen molar-refractivity contribution in [2.24, 2.45) is 5.92 Å². The highest BCUT2D eigenvalue weighted by molar-refractivity contribution is 5.88. The van der Waals surface area contributed by atoms with Crippen molar-refractivity contribution in [3.63, 3.8) is 0 Å². The zero-order valence-corrected chi connectivity index (χ0v) is 12.9. The number of Topliss-reactive ketones (excluding diaryl/α,β-unsaturated/α-hetero) is 1. The van der Waals surface area contributed by atoms with Crippen LogP contribution in [-0.4, -0.2) is 29.9 Å². The number of rotatable bonds is 1. The predicted molar refractivity (Wildman–Crippen MR) is 80.8 cm³/mol. The number of aromatic hydroxyl groups is 1. The van der Waals surface area contributed by atoms with Crippen LogP contribution in [0.4, 0.5) is 0 Å². The van der Waals surface area contributed by atoms with E-state index >= 15 is 0 Å². The van der Waals surface area contributed by atoms with Crippen LogP contribution < -0.4 is 0 Å². The molecule has 1 heterocycles. The number of carbonyl (C=O) groups is 1. The molecule has 1 spiro atoms. The molecule has 0 unspecified atom stereocenters. The lowest BCUT2D eigenvalue weighted by Crippen LogP contribution is -2.56. The van der Waals surface area contributed by atoms with E-state index in [-0.39, 0.29) is 11.2 Å². The standard InChI is InChI=1S/C18H22O4/c1-2-17-11-16(20)18(21-7-8-22-18)10-13(17)4-3-12-9-14(19)5-6-15(12)17/h5-6,9,13,19H,2-4,7-8,10-11H2,1H3/t13-,17-/m1/s1. The van der Waals surface area contributed by atoms with Crippen molar-refractivity contribution in [1.82, 2.24) is 0 Å². The van der Waals surface area contributed by atoms with Crippen molar-refractivity contribution in [3.8, 4) is 5.75 Å². The van der Waals surface area contributed by atoms with E-state index in [9.17, 15) is 9.90 Å². The Morgan fingerprint density at radius 3 is 2.82 bits per heavy atom. The zero-order chi connectivity index (χ0) is 15.4. The summed E-state index contributed by atoms with van der Waals surface area (Å²) in [7, 11) is 0. The number of carbonyl (C=O) groups excluding carboxylic acids is 1. The Labute approximate surface area is 130 Å². The number of phenolic OH excluding ortho intramolecular Hbond substituents is 1. The minimum atomic E-state index is -0.974. The van der Waals surface area contributed by atoms with E-state index in [4.69, 9.17) is 9.47 Å². The van der Waals surface area contributed by atoms with Gasteiger partial charge in [-0.25, -0.2) is 0 Å². The lowest BCUT2D eigenvalue weighted by molar-refractivity contribution is -0.200. The van der Waals surface area contributed by atoms with Gasteiger partial charge in [-0.1, -0.05) is 13.0 Å². The van der Waals surface area contributed by atoms with Gasteiger partial charge in [-0.15, -0.1) is 0 Å². The van der Waals surface area contributed by atoms with Crippen molar-refractivity contribution in [2.75, 3.05) is 13.2 Å². The monoisotopic (exact) mass is 302 g/mol. The molecular weight excluding hydrogens is 280 g/mol. The topological polar surface area (TPSA) is 55.8 Å². The van der Waals surface area contributed by atoms with E-state index in [2.05, 4.69) is 6.92 Å². The molecule has 1 N–H and O–H groups in total. The summed E-state index contributed by atoms with van der Waals surface area (Å²) in [5, 5.41) is 9.75. The van der Waals surface area contributed by atoms with Crippen LogP contribution in [0.25, 0.3) is 0 Å². The molecule has 0 bridgehead atoms. The highest BCUT2D eigenvalue weighted by atomic mass is 16.7. The van der Waals surface area contributed by atoms with Crippen LogP contribution in [-0.2, 0) is 26.1 Å². The molecule has 1 aliphatic heterocycles. The molecule has 4 heteroatoms. The fraction of sp³-hybridized carbons (Fsp3) is 0.611. The average molecular weight is 302 g/mol. The molecule has 1 aromatic carbocycles. The molecule has 4 rings (SSSR count). The van der Waals surface area contributed by atoms with Gasteiger partial charge in [0.25, 0.3) is 0 Å². The summed E-state index contributed by atoms with van der Waals surface area (Å²) in [4.78, 5) is 12.8. The lowest BCUT2D eigenvalue weighted by atomic mass is 9.54. The Balaban J connectivity index is 1.78. The molecule has 4 nitrogen and oxygen atoms in total. The van der Waals surface area contributed by atoms with E-state index in [1.54, 1.807) is 6.07 Å². The normalized spacial score (nSPS) is 32.8. The summed E-state index contributed by atoms with van der Waals surface area (Å²) in [5.41, 5.74) is 2.30. The summed E-state index contributed by atoms with van der Waals surface area (Å²) >= 11 is 0. The second-order valence-corrected chi connectivity index (χ2v) is 6.84. The summed E-state index contributed by atoms with van der Waals surface area (Å²) in [6, 6.07) is 5.62. The van der Waals surface area contributed by atoms with E-state index in [0.717, 1.165) is 19.3 Å². The molecule has 2 aliphatic carbocycles. The maximum Gasteiger partial charge on any atom is 0.229 e. The van der Waals surface area contributed by atoms with Crippen molar-refractivity contribution in [2.45, 2.75) is 50.2 Å². The summed E-state index contributed by atoms with van der Waals surface area (Å²) in [5.74, 6) is -0.184. The average Bonchev–Trinajstić information content (AvgIpc) is 2.98. The fourth-order valence-corrected chi connectivity index (χ4v) is 4.83. The van der Waals surface area contributed by atoms with Crippen LogP contribution in [0, 0.1) is 5.92 Å². The van der Waals surface area contributed by atoms with E-state index in [0.29, 0.717) is 37.7 Å². The molecule has 22 heavy (non-hydrogen) atoms. The van der Waals surface area contributed by atoms with Crippen molar-refractivity contribution < 1.29 is 19.4 Å². The predicted octanol–water partition coefficient (Wildman–Crippen LogP) is 2.71. The minimum absolute atomic E-state index is 0.0871. The number of ketones is 1. The Morgan fingerprint density at radius 2 is 2.09 bits per heavy atom. The van der Waals surface area contributed by atoms with Gasteiger partial charge in [-0.2, -0.15) is 0 Å². The number of ether oxygens (including phenoxy) is 2. The van der Waals surface area contributed by atoms with Gasteiger partial charge >= 0.3 is 0 Å². The van der Waals surface area contributed by atoms with Gasteiger partial charge < -0.3 is 14.6 Å². The number of hydrogen-bond donors (Lipinski definition) is 1. The maximum absolute atomic E-state index is 12.8. The van der Waals surface area contributed by atoms with Crippen LogP contribution >= 0.6 is 0 Å². The van der Waals surface area contributed by atoms with Crippen molar-refractivity contribution in [1.29, 1.82) is 0 Å². The molecular formula is C18H22O4. The Bertz CT molecular complexity index is 618.